The van der Waals surface area contributed by atoms with Crippen LogP contribution in [0.3, 0.4) is 0 Å². The third-order valence-corrected chi connectivity index (χ3v) is 2.93. The van der Waals surface area contributed by atoms with Gasteiger partial charge in [0.05, 0.1) is 12.8 Å². The van der Waals surface area contributed by atoms with E-state index in [0.29, 0.717) is 12.6 Å². The summed E-state index contributed by atoms with van der Waals surface area (Å²) in [6.45, 7) is 6.63. The maximum Gasteiger partial charge on any atom is 0.137 e. The molecule has 1 N–H and O–H groups in total. The Bertz CT molecular complexity index is 345. The molecule has 1 rings (SSSR count). The van der Waals surface area contributed by atoms with E-state index in [4.69, 9.17) is 9.47 Å². The first-order chi connectivity index (χ1) is 9.31. The molecule has 0 spiro atoms. The molecular weight excluding hydrogens is 240 g/mol. The van der Waals surface area contributed by atoms with Gasteiger partial charge in [0.15, 0.2) is 0 Å². The Morgan fingerprint density at radius 1 is 1.32 bits per heavy atom. The molecule has 1 heterocycles. The van der Waals surface area contributed by atoms with E-state index < -0.39 is 0 Å². The molecule has 0 aliphatic carbocycles. The molecule has 4 nitrogen and oxygen atoms in total. The fourth-order valence-electron chi connectivity index (χ4n) is 2.01. The van der Waals surface area contributed by atoms with E-state index in [9.17, 15) is 0 Å². The summed E-state index contributed by atoms with van der Waals surface area (Å²) in [5.74, 6) is 0.843. The van der Waals surface area contributed by atoms with Crippen LogP contribution in [-0.4, -0.2) is 31.9 Å². The second-order valence-corrected chi connectivity index (χ2v) is 4.53. The molecule has 0 aromatic carbocycles. The molecule has 0 radical (unpaired) electrons. The highest BCUT2D eigenvalue weighted by Crippen LogP contribution is 2.21. The lowest BCUT2D eigenvalue weighted by Crippen LogP contribution is -2.22. The molecule has 1 aromatic heterocycles. The summed E-state index contributed by atoms with van der Waals surface area (Å²) < 4.78 is 10.6. The normalized spacial score (nSPS) is 12.4. The second kappa shape index (κ2) is 9.75. The van der Waals surface area contributed by atoms with Crippen LogP contribution in [0, 0.1) is 0 Å². The Hall–Kier alpha value is -1.13. The molecule has 0 aliphatic heterocycles. The van der Waals surface area contributed by atoms with Crippen molar-refractivity contribution >= 4 is 0 Å². The number of nitrogens with zero attached hydrogens (tertiary/aromatic N) is 1. The van der Waals surface area contributed by atoms with E-state index in [-0.39, 0.29) is 0 Å². The fourth-order valence-corrected chi connectivity index (χ4v) is 2.01. The van der Waals surface area contributed by atoms with Gasteiger partial charge < -0.3 is 14.8 Å². The van der Waals surface area contributed by atoms with Crippen LogP contribution in [0.2, 0.25) is 0 Å². The van der Waals surface area contributed by atoms with Crippen LogP contribution in [-0.2, 0) is 4.74 Å². The fraction of sp³-hybridized carbons (Fsp3) is 0.667. The molecule has 1 aromatic rings. The van der Waals surface area contributed by atoms with Gasteiger partial charge in [-0.15, -0.1) is 0 Å². The SMILES string of the molecule is CCCNC(CCCOC)c1cncc(OCC)c1. The van der Waals surface area contributed by atoms with Gasteiger partial charge in [-0.1, -0.05) is 6.92 Å². The largest absolute Gasteiger partial charge is 0.492 e. The highest BCUT2D eigenvalue weighted by Gasteiger charge is 2.11. The summed E-state index contributed by atoms with van der Waals surface area (Å²) in [5, 5.41) is 3.56. The van der Waals surface area contributed by atoms with Crippen molar-refractivity contribution in [3.8, 4) is 5.75 Å². The van der Waals surface area contributed by atoms with Crippen molar-refractivity contribution in [1.82, 2.24) is 10.3 Å². The lowest BCUT2D eigenvalue weighted by molar-refractivity contribution is 0.188. The number of rotatable bonds is 10. The number of hydrogen-bond acceptors (Lipinski definition) is 4. The topological polar surface area (TPSA) is 43.4 Å². The quantitative estimate of drug-likeness (QED) is 0.661. The molecule has 0 fully saturated rings. The predicted octanol–water partition coefficient (Wildman–Crippen LogP) is 2.95. The van der Waals surface area contributed by atoms with Crippen LogP contribution in [0.15, 0.2) is 18.5 Å². The highest BCUT2D eigenvalue weighted by atomic mass is 16.5. The Labute approximate surface area is 116 Å². The van der Waals surface area contributed by atoms with Gasteiger partial charge in [0, 0.05) is 26.0 Å². The minimum atomic E-state index is 0.322. The molecule has 0 amide bonds. The Kier molecular flexibility index (Phi) is 8.18. The van der Waals surface area contributed by atoms with Gasteiger partial charge in [0.1, 0.15) is 5.75 Å². The van der Waals surface area contributed by atoms with Crippen molar-refractivity contribution in [3.63, 3.8) is 0 Å². The zero-order chi connectivity index (χ0) is 13.9. The van der Waals surface area contributed by atoms with E-state index in [1.165, 1.54) is 5.56 Å². The summed E-state index contributed by atoms with van der Waals surface area (Å²) in [4.78, 5) is 4.26. The average Bonchev–Trinajstić information content (AvgIpc) is 2.43. The Balaban J connectivity index is 2.68. The monoisotopic (exact) mass is 266 g/mol. The third kappa shape index (κ3) is 6.03. The van der Waals surface area contributed by atoms with Crippen LogP contribution in [0.5, 0.6) is 5.75 Å². The Morgan fingerprint density at radius 2 is 2.16 bits per heavy atom. The van der Waals surface area contributed by atoms with Gasteiger partial charge in [-0.2, -0.15) is 0 Å². The van der Waals surface area contributed by atoms with Crippen molar-refractivity contribution in [2.24, 2.45) is 0 Å². The number of methoxy groups -OCH3 is 1. The maximum atomic E-state index is 5.51. The molecule has 0 saturated carbocycles. The van der Waals surface area contributed by atoms with Crippen LogP contribution < -0.4 is 10.1 Å². The first-order valence-electron chi connectivity index (χ1n) is 7.11. The van der Waals surface area contributed by atoms with Crippen molar-refractivity contribution in [1.29, 1.82) is 0 Å². The summed E-state index contributed by atoms with van der Waals surface area (Å²) in [6, 6.07) is 2.40. The number of pyridine rings is 1. The number of hydrogen-bond donors (Lipinski definition) is 1. The first-order valence-corrected chi connectivity index (χ1v) is 7.11. The molecule has 0 bridgehead atoms. The molecule has 4 heteroatoms. The van der Waals surface area contributed by atoms with Gasteiger partial charge in [-0.05, 0) is 44.4 Å². The molecule has 1 unspecified atom stereocenters. The molecule has 0 saturated heterocycles. The van der Waals surface area contributed by atoms with Crippen molar-refractivity contribution in [3.05, 3.63) is 24.0 Å². The molecule has 1 atom stereocenters. The van der Waals surface area contributed by atoms with Crippen molar-refractivity contribution in [2.75, 3.05) is 26.9 Å². The van der Waals surface area contributed by atoms with E-state index >= 15 is 0 Å². The maximum absolute atomic E-state index is 5.51. The predicted molar refractivity (Wildman–Crippen MR) is 77.6 cm³/mol. The molecular formula is C15H26N2O2. The summed E-state index contributed by atoms with van der Waals surface area (Å²) in [5.41, 5.74) is 1.19. The third-order valence-electron chi connectivity index (χ3n) is 2.93. The minimum absolute atomic E-state index is 0.322. The lowest BCUT2D eigenvalue weighted by atomic mass is 10.0. The molecule has 0 aliphatic rings. The number of ether oxygens (including phenoxy) is 2. The standard InChI is InChI=1S/C15H26N2O2/c1-4-8-17-15(7-6-9-18-3)13-10-14(19-5-2)12-16-11-13/h10-12,15,17H,4-9H2,1-3H3. The van der Waals surface area contributed by atoms with E-state index in [1.807, 2.05) is 13.1 Å². The zero-order valence-electron chi connectivity index (χ0n) is 12.3. The molecule has 19 heavy (non-hydrogen) atoms. The van der Waals surface area contributed by atoms with Crippen molar-refractivity contribution in [2.45, 2.75) is 39.2 Å². The summed E-state index contributed by atoms with van der Waals surface area (Å²) in [6.07, 6.45) is 6.89. The van der Waals surface area contributed by atoms with Gasteiger partial charge in [0.25, 0.3) is 0 Å². The van der Waals surface area contributed by atoms with Gasteiger partial charge in [-0.3, -0.25) is 4.98 Å². The van der Waals surface area contributed by atoms with Crippen LogP contribution in [0.4, 0.5) is 0 Å². The summed E-state index contributed by atoms with van der Waals surface area (Å²) >= 11 is 0. The number of nitrogens with one attached hydrogen (secondary N) is 1. The summed E-state index contributed by atoms with van der Waals surface area (Å²) in [7, 11) is 1.74. The molecule has 108 valence electrons. The second-order valence-electron chi connectivity index (χ2n) is 4.53. The van der Waals surface area contributed by atoms with Gasteiger partial charge >= 0.3 is 0 Å². The van der Waals surface area contributed by atoms with Crippen molar-refractivity contribution < 1.29 is 9.47 Å². The van der Waals surface area contributed by atoms with E-state index in [1.54, 1.807) is 13.3 Å². The van der Waals surface area contributed by atoms with Gasteiger partial charge in [-0.25, -0.2) is 0 Å². The van der Waals surface area contributed by atoms with Gasteiger partial charge in [0.2, 0.25) is 0 Å². The van der Waals surface area contributed by atoms with Crippen LogP contribution in [0.25, 0.3) is 0 Å². The number of aromatic nitrogens is 1. The average molecular weight is 266 g/mol. The smallest absolute Gasteiger partial charge is 0.137 e. The van der Waals surface area contributed by atoms with Crippen LogP contribution in [0.1, 0.15) is 44.7 Å². The zero-order valence-corrected chi connectivity index (χ0v) is 12.3. The lowest BCUT2D eigenvalue weighted by Gasteiger charge is -2.19. The Morgan fingerprint density at radius 3 is 2.84 bits per heavy atom. The minimum Gasteiger partial charge on any atom is -0.492 e. The highest BCUT2D eigenvalue weighted by molar-refractivity contribution is 5.26. The van der Waals surface area contributed by atoms with E-state index in [2.05, 4.69) is 23.3 Å². The van der Waals surface area contributed by atoms with Crippen LogP contribution >= 0.6 is 0 Å². The van der Waals surface area contributed by atoms with E-state index in [0.717, 1.165) is 38.2 Å². The first kappa shape index (κ1) is 15.9.